The Labute approximate surface area is 124 Å². The summed E-state index contributed by atoms with van der Waals surface area (Å²) in [6.07, 6.45) is 0.915. The van der Waals surface area contributed by atoms with E-state index in [4.69, 9.17) is 15.7 Å². The van der Waals surface area contributed by atoms with Crippen molar-refractivity contribution in [3.63, 3.8) is 0 Å². The molecule has 0 saturated heterocycles. The summed E-state index contributed by atoms with van der Waals surface area (Å²) in [6.45, 7) is 3.46. The number of nitrogens with one attached hydrogen (secondary N) is 2. The number of oxime groups is 1. The summed E-state index contributed by atoms with van der Waals surface area (Å²) in [5, 5.41) is 17.5. The minimum absolute atomic E-state index is 0.00898. The zero-order valence-corrected chi connectivity index (χ0v) is 12.3. The molecule has 0 aliphatic heterocycles. The van der Waals surface area contributed by atoms with Crippen LogP contribution in [0.4, 0.5) is 0 Å². The highest BCUT2D eigenvalue weighted by atomic mass is 16.5. The molecule has 0 bridgehead atoms. The molecule has 7 heteroatoms. The zero-order chi connectivity index (χ0) is 15.7. The average Bonchev–Trinajstić information content (AvgIpc) is 2.51. The Morgan fingerprint density at radius 1 is 1.48 bits per heavy atom. The molecule has 1 aromatic carbocycles. The van der Waals surface area contributed by atoms with Crippen molar-refractivity contribution in [2.75, 3.05) is 20.2 Å². The first-order chi connectivity index (χ1) is 10.1. The topological polar surface area (TPSA) is 109 Å². The van der Waals surface area contributed by atoms with E-state index < -0.39 is 0 Å². The van der Waals surface area contributed by atoms with Crippen molar-refractivity contribution in [1.82, 2.24) is 10.6 Å². The summed E-state index contributed by atoms with van der Waals surface area (Å²) >= 11 is 0. The Morgan fingerprint density at radius 2 is 2.24 bits per heavy atom. The maximum atomic E-state index is 11.4. The van der Waals surface area contributed by atoms with Gasteiger partial charge in [-0.05, 0) is 24.1 Å². The number of nitrogens with zero attached hydrogens (tertiary/aromatic N) is 1. The van der Waals surface area contributed by atoms with E-state index in [2.05, 4.69) is 15.8 Å². The predicted octanol–water partition coefficient (Wildman–Crippen LogP) is 0.406. The van der Waals surface area contributed by atoms with E-state index in [0.29, 0.717) is 24.4 Å². The molecule has 0 atom stereocenters. The van der Waals surface area contributed by atoms with Gasteiger partial charge in [-0.15, -0.1) is 0 Å². The van der Waals surface area contributed by atoms with Crippen molar-refractivity contribution in [3.05, 3.63) is 29.3 Å². The molecule has 0 unspecified atom stereocenters. The number of methoxy groups -OCH3 is 1. The molecule has 0 aromatic heterocycles. The van der Waals surface area contributed by atoms with Gasteiger partial charge in [-0.25, -0.2) is 0 Å². The second-order valence-corrected chi connectivity index (χ2v) is 4.47. The molecule has 0 aliphatic carbocycles. The van der Waals surface area contributed by atoms with Gasteiger partial charge in [-0.3, -0.25) is 4.79 Å². The average molecular weight is 294 g/mol. The van der Waals surface area contributed by atoms with Gasteiger partial charge < -0.3 is 26.3 Å². The van der Waals surface area contributed by atoms with Crippen LogP contribution in [0.1, 0.15) is 24.5 Å². The number of amides is 1. The highest BCUT2D eigenvalue weighted by molar-refractivity contribution is 5.99. The number of hydrogen-bond donors (Lipinski definition) is 4. The summed E-state index contributed by atoms with van der Waals surface area (Å²) in [5.41, 5.74) is 7.01. The van der Waals surface area contributed by atoms with Crippen LogP contribution in [0.3, 0.4) is 0 Å². The van der Waals surface area contributed by atoms with Gasteiger partial charge in [-0.2, -0.15) is 0 Å². The number of nitrogens with two attached hydrogens (primary N) is 1. The molecule has 0 radical (unpaired) electrons. The third-order valence-electron chi connectivity index (χ3n) is 2.84. The minimum atomic E-state index is -0.0305. The Kier molecular flexibility index (Phi) is 7.03. The first-order valence-electron chi connectivity index (χ1n) is 6.74. The van der Waals surface area contributed by atoms with Crippen LogP contribution in [-0.4, -0.2) is 37.1 Å². The van der Waals surface area contributed by atoms with Crippen LogP contribution in [0.15, 0.2) is 23.4 Å². The van der Waals surface area contributed by atoms with Crippen LogP contribution in [0.25, 0.3) is 0 Å². The molecule has 0 aliphatic rings. The molecule has 7 nitrogen and oxygen atoms in total. The number of carbonyl (C=O) groups is 1. The van der Waals surface area contributed by atoms with Gasteiger partial charge in [0.25, 0.3) is 0 Å². The zero-order valence-electron chi connectivity index (χ0n) is 12.3. The summed E-state index contributed by atoms with van der Waals surface area (Å²) in [7, 11) is 1.51. The van der Waals surface area contributed by atoms with Crippen LogP contribution < -0.4 is 21.1 Å². The molecule has 0 saturated carbocycles. The second-order valence-electron chi connectivity index (χ2n) is 4.47. The number of amidine groups is 1. The van der Waals surface area contributed by atoms with Gasteiger partial charge in [0, 0.05) is 13.1 Å². The van der Waals surface area contributed by atoms with Crippen LogP contribution in [0.5, 0.6) is 5.75 Å². The third-order valence-corrected chi connectivity index (χ3v) is 2.84. The van der Waals surface area contributed by atoms with Crippen molar-refractivity contribution >= 4 is 11.7 Å². The normalized spacial score (nSPS) is 11.2. The summed E-state index contributed by atoms with van der Waals surface area (Å²) in [6, 6.07) is 5.32. The molecule has 0 fully saturated rings. The monoisotopic (exact) mass is 294 g/mol. The van der Waals surface area contributed by atoms with Gasteiger partial charge in [0.15, 0.2) is 5.84 Å². The molecular formula is C14H22N4O3. The molecule has 1 aromatic rings. The molecule has 1 rings (SSSR count). The fraction of sp³-hybridized carbons (Fsp3) is 0.429. The van der Waals surface area contributed by atoms with E-state index in [0.717, 1.165) is 12.0 Å². The lowest BCUT2D eigenvalue weighted by molar-refractivity contribution is -0.120. The fourth-order valence-corrected chi connectivity index (χ4v) is 1.76. The number of rotatable bonds is 8. The Morgan fingerprint density at radius 3 is 2.86 bits per heavy atom. The molecule has 116 valence electrons. The van der Waals surface area contributed by atoms with E-state index in [1.54, 1.807) is 12.1 Å². The summed E-state index contributed by atoms with van der Waals surface area (Å²) in [4.78, 5) is 11.4. The van der Waals surface area contributed by atoms with Gasteiger partial charge in [-0.1, -0.05) is 18.1 Å². The fourth-order valence-electron chi connectivity index (χ4n) is 1.76. The van der Waals surface area contributed by atoms with E-state index in [-0.39, 0.29) is 18.3 Å². The third kappa shape index (κ3) is 5.31. The summed E-state index contributed by atoms with van der Waals surface area (Å²) < 4.78 is 5.21. The van der Waals surface area contributed by atoms with E-state index in [9.17, 15) is 4.79 Å². The van der Waals surface area contributed by atoms with E-state index in [1.165, 1.54) is 7.11 Å². The second kappa shape index (κ2) is 8.80. The van der Waals surface area contributed by atoms with Crippen molar-refractivity contribution in [2.24, 2.45) is 10.9 Å². The molecule has 0 heterocycles. The van der Waals surface area contributed by atoms with Crippen molar-refractivity contribution < 1.29 is 14.7 Å². The van der Waals surface area contributed by atoms with Crippen LogP contribution in [0, 0.1) is 0 Å². The number of ether oxygens (including phenoxy) is 1. The van der Waals surface area contributed by atoms with Crippen molar-refractivity contribution in [2.45, 2.75) is 19.9 Å². The maximum absolute atomic E-state index is 11.4. The molecule has 1 amide bonds. The largest absolute Gasteiger partial charge is 0.496 e. The lowest BCUT2D eigenvalue weighted by atomic mass is 10.1. The van der Waals surface area contributed by atoms with Crippen LogP contribution in [0.2, 0.25) is 0 Å². The van der Waals surface area contributed by atoms with E-state index in [1.807, 2.05) is 13.0 Å². The quantitative estimate of drug-likeness (QED) is 0.240. The van der Waals surface area contributed by atoms with Crippen LogP contribution in [-0.2, 0) is 11.3 Å². The van der Waals surface area contributed by atoms with Gasteiger partial charge in [0.1, 0.15) is 5.75 Å². The SMILES string of the molecule is CCCNC(=O)CNCc1ccc(/C(N)=N/O)c(OC)c1. The maximum Gasteiger partial charge on any atom is 0.233 e. The molecule has 5 N–H and O–H groups in total. The highest BCUT2D eigenvalue weighted by Crippen LogP contribution is 2.19. The summed E-state index contributed by atoms with van der Waals surface area (Å²) in [5.74, 6) is 0.474. The molecule has 0 spiro atoms. The Hall–Kier alpha value is -2.28. The molecular weight excluding hydrogens is 272 g/mol. The van der Waals surface area contributed by atoms with Crippen LogP contribution >= 0.6 is 0 Å². The number of benzene rings is 1. The van der Waals surface area contributed by atoms with Crippen molar-refractivity contribution in [1.29, 1.82) is 0 Å². The van der Waals surface area contributed by atoms with E-state index >= 15 is 0 Å². The Bertz CT molecular complexity index is 503. The first kappa shape index (κ1) is 16.8. The Balaban J connectivity index is 2.59. The lowest BCUT2D eigenvalue weighted by Crippen LogP contribution is -2.33. The van der Waals surface area contributed by atoms with Gasteiger partial charge >= 0.3 is 0 Å². The first-order valence-corrected chi connectivity index (χ1v) is 6.74. The smallest absolute Gasteiger partial charge is 0.233 e. The molecule has 21 heavy (non-hydrogen) atoms. The predicted molar refractivity (Wildman–Crippen MR) is 80.5 cm³/mol. The van der Waals surface area contributed by atoms with Crippen molar-refractivity contribution in [3.8, 4) is 5.75 Å². The minimum Gasteiger partial charge on any atom is -0.496 e. The highest BCUT2D eigenvalue weighted by Gasteiger charge is 2.09. The standard InChI is InChI=1S/C14H22N4O3/c1-3-6-17-13(19)9-16-8-10-4-5-11(14(15)18-20)12(7-10)21-2/h4-5,7,16,20H,3,6,8-9H2,1-2H3,(H2,15,18)(H,17,19). The lowest BCUT2D eigenvalue weighted by Gasteiger charge is -2.10. The number of hydrogen-bond acceptors (Lipinski definition) is 5. The van der Waals surface area contributed by atoms with Gasteiger partial charge in [0.05, 0.1) is 19.2 Å². The number of carbonyl (C=O) groups excluding carboxylic acids is 1. The van der Waals surface area contributed by atoms with Gasteiger partial charge in [0.2, 0.25) is 5.91 Å².